The van der Waals surface area contributed by atoms with Crippen LogP contribution in [0.1, 0.15) is 18.9 Å². The van der Waals surface area contributed by atoms with E-state index in [1.165, 1.54) is 6.07 Å². The van der Waals surface area contributed by atoms with Crippen molar-refractivity contribution in [3.8, 4) is 5.75 Å². The third-order valence-electron chi connectivity index (χ3n) is 3.39. The summed E-state index contributed by atoms with van der Waals surface area (Å²) in [5.74, 6) is 0.810. The van der Waals surface area contributed by atoms with Crippen molar-refractivity contribution in [2.24, 2.45) is 4.99 Å². The molecule has 1 saturated heterocycles. The summed E-state index contributed by atoms with van der Waals surface area (Å²) in [6.45, 7) is 1.28. The summed E-state index contributed by atoms with van der Waals surface area (Å²) in [6.07, 6.45) is 0.355. The van der Waals surface area contributed by atoms with Crippen molar-refractivity contribution in [3.05, 3.63) is 29.8 Å². The normalized spacial score (nSPS) is 18.0. The minimum Gasteiger partial charge on any atom is -0.434 e. The summed E-state index contributed by atoms with van der Waals surface area (Å²) in [4.78, 5) is 6.43. The molecule has 1 heterocycles. The number of nitrogens with one attached hydrogen (secondary N) is 1. The van der Waals surface area contributed by atoms with E-state index >= 15 is 0 Å². The number of rotatable bonds is 5. The zero-order valence-corrected chi connectivity index (χ0v) is 15.2. The maximum atomic E-state index is 12.4. The Bertz CT molecular complexity index is 517. The highest BCUT2D eigenvalue weighted by molar-refractivity contribution is 14.0. The first kappa shape index (κ1) is 19.9. The Labute approximate surface area is 151 Å². The molecule has 1 aromatic rings. The lowest BCUT2D eigenvalue weighted by molar-refractivity contribution is -0.0504. The molecule has 0 radical (unpaired) electrons. The molecule has 5 nitrogen and oxygen atoms in total. The number of ether oxygens (including phenoxy) is 1. The van der Waals surface area contributed by atoms with Crippen molar-refractivity contribution in [1.82, 2.24) is 10.2 Å². The first-order chi connectivity index (χ1) is 10.6. The molecular formula is C15H22F2IN3O2. The lowest BCUT2D eigenvalue weighted by Crippen LogP contribution is -2.40. The Morgan fingerprint density at radius 3 is 2.83 bits per heavy atom. The number of hydrogen-bond acceptors (Lipinski definition) is 3. The molecule has 1 aliphatic heterocycles. The van der Waals surface area contributed by atoms with Gasteiger partial charge in [0.05, 0.1) is 12.6 Å². The Morgan fingerprint density at radius 1 is 1.48 bits per heavy atom. The summed E-state index contributed by atoms with van der Waals surface area (Å²) in [7, 11) is 0. The van der Waals surface area contributed by atoms with Gasteiger partial charge in [-0.05, 0) is 19.4 Å². The van der Waals surface area contributed by atoms with Crippen LogP contribution in [-0.2, 0) is 6.54 Å². The van der Waals surface area contributed by atoms with Crippen molar-refractivity contribution in [1.29, 1.82) is 0 Å². The number of aliphatic hydroxyl groups is 1. The fourth-order valence-electron chi connectivity index (χ4n) is 2.37. The summed E-state index contributed by atoms with van der Waals surface area (Å²) >= 11 is 0. The average molecular weight is 441 g/mol. The second-order valence-electron chi connectivity index (χ2n) is 5.04. The molecule has 0 amide bonds. The molecule has 0 spiro atoms. The number of guanidine groups is 1. The van der Waals surface area contributed by atoms with Gasteiger partial charge in [-0.2, -0.15) is 8.78 Å². The number of benzene rings is 1. The second-order valence-corrected chi connectivity index (χ2v) is 5.04. The van der Waals surface area contributed by atoms with Crippen LogP contribution >= 0.6 is 24.0 Å². The number of β-amino-alcohol motifs (C(OH)–C–C–N with tert-alkyl or cyclic N) is 1. The van der Waals surface area contributed by atoms with Gasteiger partial charge in [-0.25, -0.2) is 4.99 Å². The summed E-state index contributed by atoms with van der Waals surface area (Å²) < 4.78 is 29.3. The van der Waals surface area contributed by atoms with Crippen LogP contribution < -0.4 is 10.1 Å². The third kappa shape index (κ3) is 6.09. The van der Waals surface area contributed by atoms with E-state index in [1.54, 1.807) is 18.2 Å². The summed E-state index contributed by atoms with van der Waals surface area (Å²) in [5, 5.41) is 12.8. The van der Waals surface area contributed by atoms with E-state index in [-0.39, 0.29) is 42.4 Å². The zero-order valence-electron chi connectivity index (χ0n) is 12.9. The van der Waals surface area contributed by atoms with Crippen molar-refractivity contribution >= 4 is 29.9 Å². The van der Waals surface area contributed by atoms with Gasteiger partial charge in [0.25, 0.3) is 0 Å². The van der Waals surface area contributed by atoms with E-state index in [0.717, 1.165) is 6.54 Å². The van der Waals surface area contributed by atoms with Crippen molar-refractivity contribution in [3.63, 3.8) is 0 Å². The lowest BCUT2D eigenvalue weighted by Gasteiger charge is -2.21. The van der Waals surface area contributed by atoms with Gasteiger partial charge in [0.15, 0.2) is 5.96 Å². The first-order valence-electron chi connectivity index (χ1n) is 7.34. The van der Waals surface area contributed by atoms with Crippen molar-refractivity contribution < 1.29 is 18.6 Å². The molecule has 130 valence electrons. The predicted octanol–water partition coefficient (Wildman–Crippen LogP) is 2.44. The fraction of sp³-hybridized carbons (Fsp3) is 0.533. The number of hydrogen-bond donors (Lipinski definition) is 2. The van der Waals surface area contributed by atoms with Crippen LogP contribution in [0.5, 0.6) is 5.75 Å². The molecule has 1 atom stereocenters. The number of nitrogens with zero attached hydrogens (tertiary/aromatic N) is 2. The van der Waals surface area contributed by atoms with Crippen LogP contribution in [0.25, 0.3) is 0 Å². The van der Waals surface area contributed by atoms with Crippen molar-refractivity contribution in [2.45, 2.75) is 32.6 Å². The topological polar surface area (TPSA) is 57.1 Å². The fourth-order valence-corrected chi connectivity index (χ4v) is 2.37. The summed E-state index contributed by atoms with van der Waals surface area (Å²) in [5.41, 5.74) is 0.595. The smallest absolute Gasteiger partial charge is 0.387 e. The largest absolute Gasteiger partial charge is 0.434 e. The zero-order chi connectivity index (χ0) is 15.9. The number of aliphatic imine (C=N–C) groups is 1. The molecule has 2 N–H and O–H groups in total. The van der Waals surface area contributed by atoms with Crippen LogP contribution in [0.2, 0.25) is 0 Å². The first-order valence-corrected chi connectivity index (χ1v) is 7.34. The highest BCUT2D eigenvalue weighted by Gasteiger charge is 2.22. The molecule has 0 unspecified atom stereocenters. The maximum Gasteiger partial charge on any atom is 0.387 e. The van der Waals surface area contributed by atoms with Crippen LogP contribution in [0, 0.1) is 0 Å². The molecule has 23 heavy (non-hydrogen) atoms. The molecule has 2 rings (SSSR count). The van der Waals surface area contributed by atoms with Crippen LogP contribution in [0.4, 0.5) is 8.78 Å². The quantitative estimate of drug-likeness (QED) is 0.419. The van der Waals surface area contributed by atoms with Gasteiger partial charge in [0.2, 0.25) is 0 Å². The Hall–Kier alpha value is -1.16. The van der Waals surface area contributed by atoms with Crippen molar-refractivity contribution in [2.75, 3.05) is 19.6 Å². The van der Waals surface area contributed by atoms with Gasteiger partial charge in [-0.15, -0.1) is 24.0 Å². The summed E-state index contributed by atoms with van der Waals surface area (Å²) in [6, 6.07) is 6.62. The molecule has 0 bridgehead atoms. The van der Waals surface area contributed by atoms with Gasteiger partial charge in [0.1, 0.15) is 5.75 Å². The predicted molar refractivity (Wildman–Crippen MR) is 95.5 cm³/mol. The number of alkyl halides is 2. The lowest BCUT2D eigenvalue weighted by atomic mass is 10.2. The van der Waals surface area contributed by atoms with E-state index in [4.69, 9.17) is 0 Å². The van der Waals surface area contributed by atoms with E-state index in [0.29, 0.717) is 31.0 Å². The van der Waals surface area contributed by atoms with E-state index in [2.05, 4.69) is 15.0 Å². The standard InChI is InChI=1S/C15H21F2N3O2.HI/c1-2-18-15(20-8-7-12(21)10-20)19-9-11-5-3-4-6-13(11)22-14(16)17;/h3-6,12,14,21H,2,7-10H2,1H3,(H,18,19);1H/t12-;/m1./s1. The molecule has 8 heteroatoms. The number of likely N-dealkylation sites (tertiary alicyclic amines) is 1. The Kier molecular flexibility index (Phi) is 8.53. The van der Waals surface area contributed by atoms with E-state index < -0.39 is 6.61 Å². The van der Waals surface area contributed by atoms with E-state index in [1.807, 2.05) is 11.8 Å². The van der Waals surface area contributed by atoms with Gasteiger partial charge in [0, 0.05) is 25.2 Å². The van der Waals surface area contributed by atoms with E-state index in [9.17, 15) is 13.9 Å². The second kappa shape index (κ2) is 9.86. The van der Waals surface area contributed by atoms with Gasteiger partial charge < -0.3 is 20.1 Å². The van der Waals surface area contributed by atoms with Gasteiger partial charge >= 0.3 is 6.61 Å². The SMILES string of the molecule is CCNC(=NCc1ccccc1OC(F)F)N1CC[C@@H](O)C1.I. The molecule has 0 saturated carbocycles. The highest BCUT2D eigenvalue weighted by Crippen LogP contribution is 2.21. The Morgan fingerprint density at radius 2 is 2.22 bits per heavy atom. The maximum absolute atomic E-state index is 12.4. The number of halogens is 3. The minimum absolute atomic E-state index is 0. The van der Waals surface area contributed by atoms with Crippen LogP contribution in [-0.4, -0.2) is 48.3 Å². The molecule has 0 aromatic heterocycles. The van der Waals surface area contributed by atoms with Gasteiger partial charge in [-0.3, -0.25) is 0 Å². The molecule has 1 fully saturated rings. The number of aliphatic hydroxyl groups excluding tert-OH is 1. The Balaban J connectivity index is 0.00000264. The molecule has 1 aromatic carbocycles. The van der Waals surface area contributed by atoms with Gasteiger partial charge in [-0.1, -0.05) is 18.2 Å². The highest BCUT2D eigenvalue weighted by atomic mass is 127. The minimum atomic E-state index is -2.85. The van der Waals surface area contributed by atoms with Crippen LogP contribution in [0.3, 0.4) is 0 Å². The molecule has 1 aliphatic rings. The molecular weight excluding hydrogens is 419 g/mol. The number of para-hydroxylation sites is 1. The third-order valence-corrected chi connectivity index (χ3v) is 3.39. The monoisotopic (exact) mass is 441 g/mol. The molecule has 0 aliphatic carbocycles. The van der Waals surface area contributed by atoms with Crippen LogP contribution in [0.15, 0.2) is 29.3 Å². The average Bonchev–Trinajstić information content (AvgIpc) is 2.91.